The van der Waals surface area contributed by atoms with Crippen molar-refractivity contribution in [3.8, 4) is 21.6 Å². The molecule has 8 heteroatoms. The number of halogens is 2. The Balaban J connectivity index is 1.39. The molecule has 1 N–H and O–H groups in total. The molecule has 1 aromatic heterocycles. The zero-order chi connectivity index (χ0) is 27.6. The van der Waals surface area contributed by atoms with Crippen molar-refractivity contribution in [1.29, 1.82) is 0 Å². The molecule has 1 amide bonds. The number of hydrogen-bond acceptors (Lipinski definition) is 5. The number of amides is 1. The first-order chi connectivity index (χ1) is 18.8. The topological polar surface area (TPSA) is 64.6 Å². The van der Waals surface area contributed by atoms with Crippen LogP contribution in [0.25, 0.3) is 21.6 Å². The molecule has 39 heavy (non-hydrogen) atoms. The maximum absolute atomic E-state index is 14.1. The van der Waals surface area contributed by atoms with Crippen molar-refractivity contribution in [1.82, 2.24) is 0 Å². The largest absolute Gasteiger partial charge is 0.465 e. The van der Waals surface area contributed by atoms with Gasteiger partial charge in [0.2, 0.25) is 0 Å². The molecule has 1 heterocycles. The number of anilines is 1. The summed E-state index contributed by atoms with van der Waals surface area (Å²) in [4.78, 5) is 26.0. The van der Waals surface area contributed by atoms with Gasteiger partial charge in [0.25, 0.3) is 0 Å². The van der Waals surface area contributed by atoms with Gasteiger partial charge in [0.15, 0.2) is 0 Å². The van der Waals surface area contributed by atoms with Gasteiger partial charge in [-0.25, -0.2) is 9.18 Å². The van der Waals surface area contributed by atoms with Gasteiger partial charge in [-0.05, 0) is 55.5 Å². The first-order valence-electron chi connectivity index (χ1n) is 12.7. The molecule has 200 valence electrons. The predicted molar refractivity (Wildman–Crippen MR) is 153 cm³/mol. The summed E-state index contributed by atoms with van der Waals surface area (Å²) in [5.74, 6) is -0.606. The Morgan fingerprint density at radius 3 is 2.36 bits per heavy atom. The van der Waals surface area contributed by atoms with Crippen LogP contribution in [0.3, 0.4) is 0 Å². The highest BCUT2D eigenvalue weighted by Gasteiger charge is 2.52. The van der Waals surface area contributed by atoms with E-state index in [1.54, 1.807) is 31.2 Å². The van der Waals surface area contributed by atoms with Crippen molar-refractivity contribution in [2.75, 3.05) is 11.9 Å². The summed E-state index contributed by atoms with van der Waals surface area (Å²) in [5.41, 5.74) is 3.99. The Morgan fingerprint density at radius 2 is 1.69 bits per heavy atom. The average Bonchev–Trinajstić information content (AvgIpc) is 3.67. The van der Waals surface area contributed by atoms with Crippen LogP contribution in [0.2, 0.25) is 4.34 Å². The molecule has 1 saturated carbocycles. The summed E-state index contributed by atoms with van der Waals surface area (Å²) in [6, 6.07) is 23.7. The number of benzene rings is 3. The maximum Gasteiger partial charge on any atom is 0.412 e. The molecule has 0 saturated heterocycles. The van der Waals surface area contributed by atoms with Crippen LogP contribution >= 0.6 is 22.9 Å². The lowest BCUT2D eigenvalue weighted by atomic mass is 9.92. The molecular weight excluding hydrogens is 537 g/mol. The molecule has 5 nitrogen and oxygen atoms in total. The number of rotatable bonds is 8. The summed E-state index contributed by atoms with van der Waals surface area (Å²) in [5, 5.41) is 2.78. The summed E-state index contributed by atoms with van der Waals surface area (Å²) < 4.78 is 25.4. The highest BCUT2D eigenvalue weighted by molar-refractivity contribution is 7.20. The Kier molecular flexibility index (Phi) is 7.73. The number of carbonyl (C=O) groups is 2. The van der Waals surface area contributed by atoms with Gasteiger partial charge in [-0.1, -0.05) is 78.3 Å². The lowest BCUT2D eigenvalue weighted by Gasteiger charge is -2.16. The Labute approximate surface area is 235 Å². The maximum atomic E-state index is 14.1. The molecular formula is C31H27ClFNO4S. The average molecular weight is 564 g/mol. The van der Waals surface area contributed by atoms with E-state index in [2.05, 4.69) is 5.32 Å². The standard InChI is InChI=1S/C31H27ClFNO4S/c1-3-37-29(35)31(16-17-31)21-14-12-20(13-15-21)23-9-4-5-10-24(23)28-26(18-27(32)39-28)34-30(36)38-19(2)22-8-6-7-11-25(22)33/h4-15,18-19H,3,16-17H2,1-2H3,(H,34,36). The number of nitrogens with one attached hydrogen (secondary N) is 1. The molecule has 1 unspecified atom stereocenters. The van der Waals surface area contributed by atoms with E-state index in [0.717, 1.165) is 40.0 Å². The van der Waals surface area contributed by atoms with Gasteiger partial charge in [0, 0.05) is 11.1 Å². The SMILES string of the molecule is CCOC(=O)C1(c2ccc(-c3ccccc3-c3sc(Cl)cc3NC(=O)OC(C)c3ccccc3F)cc2)CC1. The van der Waals surface area contributed by atoms with Gasteiger partial charge in [-0.2, -0.15) is 0 Å². The van der Waals surface area contributed by atoms with Crippen LogP contribution in [0.4, 0.5) is 14.9 Å². The molecule has 1 aliphatic carbocycles. The summed E-state index contributed by atoms with van der Waals surface area (Å²) in [6.45, 7) is 3.80. The van der Waals surface area contributed by atoms with Crippen molar-refractivity contribution in [3.63, 3.8) is 0 Å². The van der Waals surface area contributed by atoms with Crippen LogP contribution in [0.1, 0.15) is 43.9 Å². The van der Waals surface area contributed by atoms with Crippen molar-refractivity contribution in [3.05, 3.63) is 100 Å². The summed E-state index contributed by atoms with van der Waals surface area (Å²) in [6.07, 6.45) is 0.0858. The Bertz CT molecular complexity index is 1510. The number of hydrogen-bond donors (Lipinski definition) is 1. The minimum atomic E-state index is -0.779. The predicted octanol–water partition coefficient (Wildman–Crippen LogP) is 8.78. The quantitative estimate of drug-likeness (QED) is 0.218. The first kappa shape index (κ1) is 26.9. The van der Waals surface area contributed by atoms with Gasteiger partial charge in [-0.15, -0.1) is 11.3 Å². The minimum absolute atomic E-state index is 0.168. The van der Waals surface area contributed by atoms with Crippen LogP contribution in [-0.4, -0.2) is 18.7 Å². The molecule has 0 radical (unpaired) electrons. The van der Waals surface area contributed by atoms with Crippen LogP contribution in [0.5, 0.6) is 0 Å². The van der Waals surface area contributed by atoms with E-state index in [1.165, 1.54) is 17.4 Å². The van der Waals surface area contributed by atoms with Gasteiger partial charge in [-0.3, -0.25) is 10.1 Å². The second-order valence-electron chi connectivity index (χ2n) is 9.41. The second kappa shape index (κ2) is 11.2. The molecule has 0 bridgehead atoms. The lowest BCUT2D eigenvalue weighted by molar-refractivity contribution is -0.146. The van der Waals surface area contributed by atoms with Crippen molar-refractivity contribution in [2.45, 2.75) is 38.2 Å². The molecule has 1 aliphatic rings. The number of carbonyl (C=O) groups excluding carboxylic acids is 2. The third kappa shape index (κ3) is 5.56. The molecule has 3 aromatic carbocycles. The third-order valence-electron chi connectivity index (χ3n) is 6.90. The van der Waals surface area contributed by atoms with E-state index < -0.39 is 23.4 Å². The fraction of sp³-hybridized carbons (Fsp3) is 0.226. The highest BCUT2D eigenvalue weighted by atomic mass is 35.5. The number of esters is 1. The fourth-order valence-electron chi connectivity index (χ4n) is 4.73. The fourth-order valence-corrected chi connectivity index (χ4v) is 5.95. The molecule has 5 rings (SSSR count). The van der Waals surface area contributed by atoms with E-state index in [-0.39, 0.29) is 5.97 Å². The normalized spacial score (nSPS) is 14.4. The zero-order valence-corrected chi connectivity index (χ0v) is 23.1. The van der Waals surface area contributed by atoms with Crippen molar-refractivity contribution < 1.29 is 23.5 Å². The Hall–Kier alpha value is -3.68. The lowest BCUT2D eigenvalue weighted by Crippen LogP contribution is -2.23. The Morgan fingerprint density at radius 1 is 1.03 bits per heavy atom. The highest BCUT2D eigenvalue weighted by Crippen LogP contribution is 2.50. The van der Waals surface area contributed by atoms with Gasteiger partial charge < -0.3 is 9.47 Å². The molecule has 0 spiro atoms. The smallest absolute Gasteiger partial charge is 0.412 e. The number of thiophene rings is 1. The van der Waals surface area contributed by atoms with E-state index in [1.807, 2.05) is 55.5 Å². The number of ether oxygens (including phenoxy) is 2. The first-order valence-corrected chi connectivity index (χ1v) is 13.9. The summed E-state index contributed by atoms with van der Waals surface area (Å²) in [7, 11) is 0. The van der Waals surface area contributed by atoms with Crippen molar-refractivity contribution in [2.24, 2.45) is 0 Å². The van der Waals surface area contributed by atoms with Gasteiger partial charge in [0.1, 0.15) is 11.9 Å². The second-order valence-corrected chi connectivity index (χ2v) is 11.1. The van der Waals surface area contributed by atoms with Gasteiger partial charge in [0.05, 0.1) is 26.9 Å². The monoisotopic (exact) mass is 563 g/mol. The van der Waals surface area contributed by atoms with Crippen LogP contribution in [0.15, 0.2) is 78.9 Å². The van der Waals surface area contributed by atoms with E-state index in [9.17, 15) is 14.0 Å². The van der Waals surface area contributed by atoms with Gasteiger partial charge >= 0.3 is 12.1 Å². The summed E-state index contributed by atoms with van der Waals surface area (Å²) >= 11 is 7.72. The van der Waals surface area contributed by atoms with E-state index in [0.29, 0.717) is 22.2 Å². The van der Waals surface area contributed by atoms with Crippen LogP contribution in [-0.2, 0) is 19.7 Å². The molecule has 1 atom stereocenters. The molecule has 4 aromatic rings. The van der Waals surface area contributed by atoms with Crippen LogP contribution < -0.4 is 5.32 Å². The molecule has 0 aliphatic heterocycles. The zero-order valence-electron chi connectivity index (χ0n) is 21.5. The van der Waals surface area contributed by atoms with Crippen LogP contribution in [0, 0.1) is 5.82 Å². The molecule has 1 fully saturated rings. The third-order valence-corrected chi connectivity index (χ3v) is 8.20. The van der Waals surface area contributed by atoms with E-state index in [4.69, 9.17) is 21.1 Å². The van der Waals surface area contributed by atoms with Crippen molar-refractivity contribution >= 4 is 40.7 Å². The van der Waals surface area contributed by atoms with E-state index >= 15 is 0 Å². The minimum Gasteiger partial charge on any atom is -0.465 e.